The van der Waals surface area contributed by atoms with E-state index in [9.17, 15) is 14.7 Å². The fourth-order valence-electron chi connectivity index (χ4n) is 3.81. The zero-order valence-electron chi connectivity index (χ0n) is 15.7. The molecule has 0 bridgehead atoms. The summed E-state index contributed by atoms with van der Waals surface area (Å²) in [6.07, 6.45) is 4.48. The van der Waals surface area contributed by atoms with Crippen molar-refractivity contribution in [2.24, 2.45) is 0 Å². The zero-order valence-corrected chi connectivity index (χ0v) is 16.6. The number of fused-ring (bicyclic) bond motifs is 3. The summed E-state index contributed by atoms with van der Waals surface area (Å²) < 4.78 is 1.45. The first kappa shape index (κ1) is 19.0. The van der Waals surface area contributed by atoms with Crippen molar-refractivity contribution in [3.05, 3.63) is 26.6 Å². The molecule has 0 fully saturated rings. The summed E-state index contributed by atoms with van der Waals surface area (Å²) in [4.78, 5) is 34.2. The molecule has 0 radical (unpaired) electrons. The van der Waals surface area contributed by atoms with Crippen molar-refractivity contribution in [3.8, 4) is 0 Å². The Hall–Kier alpha value is -1.73. The molecular weight excluding hydrogens is 350 g/mol. The number of thiophene rings is 1. The van der Waals surface area contributed by atoms with Crippen molar-refractivity contribution >= 4 is 27.5 Å². The first-order valence-electron chi connectivity index (χ1n) is 9.52. The summed E-state index contributed by atoms with van der Waals surface area (Å²) in [5.74, 6) is -0.403. The van der Waals surface area contributed by atoms with Crippen LogP contribution in [0.25, 0.3) is 10.2 Å². The Morgan fingerprint density at radius 2 is 1.96 bits per heavy atom. The van der Waals surface area contributed by atoms with E-state index in [-0.39, 0.29) is 5.56 Å². The molecule has 1 atom stereocenters. The van der Waals surface area contributed by atoms with Gasteiger partial charge >= 0.3 is 5.97 Å². The number of nitrogens with zero attached hydrogens (tertiary/aromatic N) is 3. The van der Waals surface area contributed by atoms with E-state index in [0.717, 1.165) is 49.2 Å². The molecule has 1 unspecified atom stereocenters. The Morgan fingerprint density at radius 1 is 1.27 bits per heavy atom. The van der Waals surface area contributed by atoms with E-state index in [0.29, 0.717) is 24.2 Å². The van der Waals surface area contributed by atoms with Gasteiger partial charge in [-0.15, -0.1) is 11.3 Å². The van der Waals surface area contributed by atoms with Crippen molar-refractivity contribution < 1.29 is 9.90 Å². The van der Waals surface area contributed by atoms with Gasteiger partial charge in [-0.2, -0.15) is 0 Å². The van der Waals surface area contributed by atoms with Gasteiger partial charge < -0.3 is 5.11 Å². The second-order valence-corrected chi connectivity index (χ2v) is 7.90. The van der Waals surface area contributed by atoms with E-state index < -0.39 is 12.0 Å². The second-order valence-electron chi connectivity index (χ2n) is 6.82. The fourth-order valence-corrected chi connectivity index (χ4v) is 5.08. The van der Waals surface area contributed by atoms with Crippen LogP contribution in [0.3, 0.4) is 0 Å². The number of hydrogen-bond donors (Lipinski definition) is 1. The Kier molecular flexibility index (Phi) is 5.77. The number of hydrogen-bond acceptors (Lipinski definition) is 5. The molecule has 1 aliphatic carbocycles. The number of aliphatic carboxylic acids is 1. The van der Waals surface area contributed by atoms with Crippen LogP contribution in [0.15, 0.2) is 4.79 Å². The number of aryl methyl sites for hydroxylation is 2. The van der Waals surface area contributed by atoms with E-state index in [1.807, 2.05) is 0 Å². The van der Waals surface area contributed by atoms with Crippen molar-refractivity contribution in [1.82, 2.24) is 14.5 Å². The number of aromatic nitrogens is 2. The molecule has 2 aromatic rings. The SMILES string of the molecule is CCC(C(=O)O)n1c(CN(CC)CC)nc2sc3c(c2c1=O)CCCC3. The lowest BCUT2D eigenvalue weighted by molar-refractivity contribution is -0.141. The third-order valence-corrected chi connectivity index (χ3v) is 6.52. The van der Waals surface area contributed by atoms with Gasteiger partial charge in [-0.05, 0) is 50.8 Å². The number of carboxylic acids is 1. The molecule has 0 spiro atoms. The predicted octanol–water partition coefficient (Wildman–Crippen LogP) is 3.21. The predicted molar refractivity (Wildman–Crippen MR) is 104 cm³/mol. The maximum atomic E-state index is 13.4. The molecule has 0 amide bonds. The highest BCUT2D eigenvalue weighted by Gasteiger charge is 2.27. The first-order chi connectivity index (χ1) is 12.5. The number of rotatable bonds is 7. The third kappa shape index (κ3) is 3.30. The van der Waals surface area contributed by atoms with Gasteiger partial charge in [0, 0.05) is 4.88 Å². The van der Waals surface area contributed by atoms with Crippen LogP contribution in [0.5, 0.6) is 0 Å². The summed E-state index contributed by atoms with van der Waals surface area (Å²) in [7, 11) is 0. The highest BCUT2D eigenvalue weighted by Crippen LogP contribution is 2.34. The van der Waals surface area contributed by atoms with Gasteiger partial charge in [0.05, 0.1) is 11.9 Å². The maximum absolute atomic E-state index is 13.4. The highest BCUT2D eigenvalue weighted by atomic mass is 32.1. The number of carboxylic acid groups (broad SMARTS) is 1. The summed E-state index contributed by atoms with van der Waals surface area (Å²) in [5, 5.41) is 10.3. The van der Waals surface area contributed by atoms with Crippen LogP contribution < -0.4 is 5.56 Å². The molecule has 142 valence electrons. The lowest BCUT2D eigenvalue weighted by Gasteiger charge is -2.23. The highest BCUT2D eigenvalue weighted by molar-refractivity contribution is 7.18. The summed E-state index contributed by atoms with van der Waals surface area (Å²) in [6, 6.07) is -0.871. The van der Waals surface area contributed by atoms with E-state index in [1.54, 1.807) is 18.3 Å². The topological polar surface area (TPSA) is 75.4 Å². The van der Waals surface area contributed by atoms with Crippen LogP contribution >= 0.6 is 11.3 Å². The quantitative estimate of drug-likeness (QED) is 0.802. The smallest absolute Gasteiger partial charge is 0.326 e. The fraction of sp³-hybridized carbons (Fsp3) is 0.632. The molecule has 1 N–H and O–H groups in total. The van der Waals surface area contributed by atoms with Crippen LogP contribution in [-0.4, -0.2) is 38.6 Å². The van der Waals surface area contributed by atoms with E-state index >= 15 is 0 Å². The van der Waals surface area contributed by atoms with Crippen LogP contribution in [0, 0.1) is 0 Å². The minimum atomic E-state index is -0.972. The molecule has 2 aromatic heterocycles. The Balaban J connectivity index is 2.26. The molecule has 0 saturated heterocycles. The van der Waals surface area contributed by atoms with Crippen LogP contribution in [-0.2, 0) is 24.2 Å². The van der Waals surface area contributed by atoms with E-state index in [2.05, 4.69) is 18.7 Å². The zero-order chi connectivity index (χ0) is 18.8. The van der Waals surface area contributed by atoms with Gasteiger partial charge in [-0.25, -0.2) is 9.78 Å². The Labute approximate surface area is 157 Å². The van der Waals surface area contributed by atoms with E-state index in [4.69, 9.17) is 4.98 Å². The minimum absolute atomic E-state index is 0.175. The molecule has 2 heterocycles. The van der Waals surface area contributed by atoms with Gasteiger partial charge in [0.15, 0.2) is 0 Å². The van der Waals surface area contributed by atoms with Crippen molar-refractivity contribution in [1.29, 1.82) is 0 Å². The van der Waals surface area contributed by atoms with Crippen molar-refractivity contribution in [3.63, 3.8) is 0 Å². The molecular formula is C19H27N3O3S. The van der Waals surface area contributed by atoms with Crippen LogP contribution in [0.4, 0.5) is 0 Å². The van der Waals surface area contributed by atoms with Gasteiger partial charge in [0.25, 0.3) is 5.56 Å². The summed E-state index contributed by atoms with van der Waals surface area (Å²) >= 11 is 1.62. The summed E-state index contributed by atoms with van der Waals surface area (Å²) in [5.41, 5.74) is 0.933. The summed E-state index contributed by atoms with van der Waals surface area (Å²) in [6.45, 7) is 8.07. The van der Waals surface area contributed by atoms with Gasteiger partial charge in [-0.3, -0.25) is 14.3 Å². The van der Waals surface area contributed by atoms with Crippen molar-refractivity contribution in [2.45, 2.75) is 65.5 Å². The largest absolute Gasteiger partial charge is 0.480 e. The van der Waals surface area contributed by atoms with Crippen LogP contribution in [0.2, 0.25) is 0 Å². The maximum Gasteiger partial charge on any atom is 0.326 e. The number of carbonyl (C=O) groups is 1. The first-order valence-corrected chi connectivity index (χ1v) is 10.3. The molecule has 0 aliphatic heterocycles. The lowest BCUT2D eigenvalue weighted by atomic mass is 9.97. The average molecular weight is 378 g/mol. The Morgan fingerprint density at radius 3 is 2.58 bits per heavy atom. The monoisotopic (exact) mass is 377 g/mol. The van der Waals surface area contributed by atoms with Gasteiger partial charge in [0.2, 0.25) is 0 Å². The normalized spacial score (nSPS) is 15.4. The second kappa shape index (κ2) is 7.88. The molecule has 7 heteroatoms. The van der Waals surface area contributed by atoms with Gasteiger partial charge in [-0.1, -0.05) is 20.8 Å². The molecule has 6 nitrogen and oxygen atoms in total. The lowest BCUT2D eigenvalue weighted by Crippen LogP contribution is -2.36. The Bertz CT molecular complexity index is 867. The molecule has 1 aliphatic rings. The van der Waals surface area contributed by atoms with Crippen LogP contribution in [0.1, 0.15) is 62.3 Å². The molecule has 26 heavy (non-hydrogen) atoms. The molecule has 0 aromatic carbocycles. The minimum Gasteiger partial charge on any atom is -0.480 e. The van der Waals surface area contributed by atoms with Gasteiger partial charge in [0.1, 0.15) is 16.7 Å². The van der Waals surface area contributed by atoms with E-state index in [1.165, 1.54) is 9.44 Å². The third-order valence-electron chi connectivity index (χ3n) is 5.34. The molecule has 3 rings (SSSR count). The average Bonchev–Trinajstić information content (AvgIpc) is 3.00. The van der Waals surface area contributed by atoms with Crippen molar-refractivity contribution in [2.75, 3.05) is 13.1 Å². The standard InChI is InChI=1S/C19H27N3O3S/c1-4-13(19(24)25)22-15(11-21(5-2)6-3)20-17-16(18(22)23)12-9-7-8-10-14(12)26-17/h13H,4-11H2,1-3H3,(H,24,25). The molecule has 0 saturated carbocycles.